The third kappa shape index (κ3) is 12.4. The van der Waals surface area contributed by atoms with E-state index in [0.29, 0.717) is 36.9 Å². The first kappa shape index (κ1) is 39.8. The summed E-state index contributed by atoms with van der Waals surface area (Å²) in [6.45, 7) is 11.4. The molecule has 11 nitrogen and oxygen atoms in total. The van der Waals surface area contributed by atoms with Gasteiger partial charge in [-0.3, -0.25) is 24.6 Å². The Morgan fingerprint density at radius 3 is 1.69 bits per heavy atom. The van der Waals surface area contributed by atoms with Gasteiger partial charge in [-0.2, -0.15) is 0 Å². The summed E-state index contributed by atoms with van der Waals surface area (Å²) < 4.78 is 10.8. The lowest BCUT2D eigenvalue weighted by atomic mass is 10.1. The molecular weight excluding hydrogens is 691 g/mol. The molecule has 13 heteroatoms. The van der Waals surface area contributed by atoms with E-state index in [0.717, 1.165) is 61.9 Å². The summed E-state index contributed by atoms with van der Waals surface area (Å²) in [5.41, 5.74) is 10.4. The number of nitrogens with one attached hydrogen (secondary N) is 1. The largest absolute Gasteiger partial charge is 0.478 e. The zero-order valence-corrected chi connectivity index (χ0v) is 30.5. The van der Waals surface area contributed by atoms with Gasteiger partial charge in [0.25, 0.3) is 5.91 Å². The molecule has 0 aliphatic carbocycles. The Kier molecular flexibility index (Phi) is 16.2. The monoisotopic (exact) mass is 736 g/mol. The number of hydrogen-bond donors (Lipinski definition) is 3. The number of carbonyl (C=O) groups excluding carboxylic acids is 1. The van der Waals surface area contributed by atoms with Crippen molar-refractivity contribution in [1.82, 2.24) is 25.1 Å². The molecule has 4 heterocycles. The van der Waals surface area contributed by atoms with Crippen LogP contribution in [0.3, 0.4) is 0 Å². The van der Waals surface area contributed by atoms with E-state index in [1.807, 2.05) is 68.6 Å². The topological polar surface area (TPSA) is 143 Å². The van der Waals surface area contributed by atoms with Crippen molar-refractivity contribution in [3.8, 4) is 0 Å². The Labute approximate surface area is 309 Å². The van der Waals surface area contributed by atoms with Crippen LogP contribution in [0.1, 0.15) is 55.3 Å². The average Bonchev–Trinajstić information content (AvgIpc) is 3.16. The van der Waals surface area contributed by atoms with Crippen molar-refractivity contribution in [1.29, 1.82) is 0 Å². The van der Waals surface area contributed by atoms with E-state index >= 15 is 0 Å². The van der Waals surface area contributed by atoms with E-state index in [4.69, 9.17) is 43.5 Å². The number of pyridine rings is 2. The van der Waals surface area contributed by atoms with Gasteiger partial charge in [0.05, 0.1) is 71.1 Å². The lowest BCUT2D eigenvalue weighted by Crippen LogP contribution is -2.44. The maximum Gasteiger partial charge on any atom is 0.337 e. The molecule has 2 atom stereocenters. The van der Waals surface area contributed by atoms with E-state index in [9.17, 15) is 9.59 Å². The maximum absolute atomic E-state index is 12.6. The zero-order chi connectivity index (χ0) is 36.6. The molecule has 0 radical (unpaired) electrons. The number of ether oxygens (including phenoxy) is 2. The van der Waals surface area contributed by atoms with E-state index in [1.54, 1.807) is 30.5 Å². The van der Waals surface area contributed by atoms with Crippen molar-refractivity contribution in [3.63, 3.8) is 0 Å². The van der Waals surface area contributed by atoms with Gasteiger partial charge in [-0.15, -0.1) is 0 Å². The van der Waals surface area contributed by atoms with Crippen LogP contribution in [0.2, 0.25) is 10.0 Å². The standard InChI is InChI=1S/C19H22ClN3O2.C11H17N3O.C8H7ClO2/c1-14-5-6-16(20)15(12-14)19(24)22-13-18(17-4-2-3-7-21-17)23-8-10-25-11-9-23;12-9-11(10-3-1-2-4-13-10)14-5-7-15-8-6-14;1-5-2-3-7(9)6(4-5)8(10)11/h2-7,12,18H,8-11,13H2,1H3,(H,22,24);1-4,11H,5-9,12H2;2-4H,1H3,(H,10,11). The van der Waals surface area contributed by atoms with Gasteiger partial charge in [0, 0.05) is 51.7 Å². The van der Waals surface area contributed by atoms with Crippen molar-refractivity contribution in [2.45, 2.75) is 25.9 Å². The fraction of sp³-hybridized carbons (Fsp3) is 0.368. The Hall–Kier alpha value is -3.94. The van der Waals surface area contributed by atoms with Gasteiger partial charge < -0.3 is 25.6 Å². The number of morpholine rings is 2. The molecule has 2 aromatic heterocycles. The van der Waals surface area contributed by atoms with Gasteiger partial charge in [0.1, 0.15) is 0 Å². The summed E-state index contributed by atoms with van der Waals surface area (Å²) in [5.74, 6) is -1.15. The van der Waals surface area contributed by atoms with Crippen LogP contribution in [-0.4, -0.2) is 102 Å². The summed E-state index contributed by atoms with van der Waals surface area (Å²) in [4.78, 5) is 36.5. The summed E-state index contributed by atoms with van der Waals surface area (Å²) in [6.07, 6.45) is 3.60. The number of nitrogens with zero attached hydrogens (tertiary/aromatic N) is 4. The number of halogens is 2. The maximum atomic E-state index is 12.6. The number of benzene rings is 2. The minimum Gasteiger partial charge on any atom is -0.478 e. The van der Waals surface area contributed by atoms with Gasteiger partial charge in [-0.25, -0.2) is 4.79 Å². The Morgan fingerprint density at radius 1 is 0.765 bits per heavy atom. The van der Waals surface area contributed by atoms with Gasteiger partial charge in [-0.05, 0) is 62.4 Å². The van der Waals surface area contributed by atoms with Crippen LogP contribution in [0.25, 0.3) is 0 Å². The fourth-order valence-corrected chi connectivity index (χ4v) is 6.10. The first-order valence-electron chi connectivity index (χ1n) is 16.9. The lowest BCUT2D eigenvalue weighted by molar-refractivity contribution is 0.0154. The SMILES string of the molecule is Cc1ccc(Cl)c(C(=O)NCC(c2ccccn2)N2CCOCC2)c1.Cc1ccc(Cl)c(C(=O)O)c1.NCC(c1ccccn1)N1CCOCC1. The van der Waals surface area contributed by atoms with Crippen LogP contribution < -0.4 is 11.1 Å². The highest BCUT2D eigenvalue weighted by molar-refractivity contribution is 6.34. The first-order chi connectivity index (χ1) is 24.7. The Morgan fingerprint density at radius 2 is 1.24 bits per heavy atom. The molecular formula is C38H46Cl2N6O5. The molecule has 2 aromatic carbocycles. The molecule has 2 saturated heterocycles. The summed E-state index contributed by atoms with van der Waals surface area (Å²) in [6, 6.07) is 22.4. The van der Waals surface area contributed by atoms with Crippen LogP contribution >= 0.6 is 23.2 Å². The predicted octanol–water partition coefficient (Wildman–Crippen LogP) is 5.61. The molecule has 2 fully saturated rings. The minimum atomic E-state index is -0.987. The molecule has 2 aliphatic heterocycles. The molecule has 0 bridgehead atoms. The van der Waals surface area contributed by atoms with Crippen molar-refractivity contribution in [3.05, 3.63) is 129 Å². The van der Waals surface area contributed by atoms with E-state index in [2.05, 4.69) is 25.1 Å². The van der Waals surface area contributed by atoms with Crippen molar-refractivity contribution >= 4 is 35.1 Å². The molecule has 0 spiro atoms. The molecule has 2 unspecified atom stereocenters. The highest BCUT2D eigenvalue weighted by Crippen LogP contribution is 2.22. The fourth-order valence-electron chi connectivity index (χ4n) is 5.70. The number of carboxylic acids is 1. The highest BCUT2D eigenvalue weighted by Gasteiger charge is 2.25. The molecule has 51 heavy (non-hydrogen) atoms. The number of hydrogen-bond acceptors (Lipinski definition) is 9. The van der Waals surface area contributed by atoms with E-state index in [1.165, 1.54) is 0 Å². The second-order valence-corrected chi connectivity index (χ2v) is 12.9. The molecule has 272 valence electrons. The Balaban J connectivity index is 0.000000190. The number of aromatic nitrogens is 2. The molecule has 6 rings (SSSR count). The quantitative estimate of drug-likeness (QED) is 0.199. The molecule has 0 saturated carbocycles. The van der Waals surface area contributed by atoms with Crippen molar-refractivity contribution in [2.75, 3.05) is 65.7 Å². The van der Waals surface area contributed by atoms with Crippen LogP contribution in [-0.2, 0) is 9.47 Å². The first-order valence-corrected chi connectivity index (χ1v) is 17.6. The normalized spacial score (nSPS) is 16.0. The number of aryl methyl sites for hydroxylation is 2. The molecule has 1 amide bonds. The summed E-state index contributed by atoms with van der Waals surface area (Å²) in [7, 11) is 0. The summed E-state index contributed by atoms with van der Waals surface area (Å²) >= 11 is 11.8. The highest BCUT2D eigenvalue weighted by atomic mass is 35.5. The van der Waals surface area contributed by atoms with E-state index < -0.39 is 5.97 Å². The lowest BCUT2D eigenvalue weighted by Gasteiger charge is -2.34. The molecule has 4 aromatic rings. The smallest absolute Gasteiger partial charge is 0.337 e. The van der Waals surface area contributed by atoms with Gasteiger partial charge >= 0.3 is 5.97 Å². The Bertz CT molecular complexity index is 1670. The number of carbonyl (C=O) groups is 2. The van der Waals surface area contributed by atoms with Gasteiger partial charge in [-0.1, -0.05) is 58.6 Å². The van der Waals surface area contributed by atoms with Gasteiger partial charge in [0.2, 0.25) is 0 Å². The number of amides is 1. The molecule has 4 N–H and O–H groups in total. The number of carboxylic acid groups (broad SMARTS) is 1. The minimum absolute atomic E-state index is 0.0117. The van der Waals surface area contributed by atoms with Crippen LogP contribution in [0, 0.1) is 13.8 Å². The second kappa shape index (κ2) is 20.8. The zero-order valence-electron chi connectivity index (χ0n) is 29.0. The van der Waals surface area contributed by atoms with Crippen LogP contribution in [0.4, 0.5) is 0 Å². The average molecular weight is 738 g/mol. The predicted molar refractivity (Wildman–Crippen MR) is 199 cm³/mol. The number of nitrogens with two attached hydrogens (primary N) is 1. The van der Waals surface area contributed by atoms with Crippen LogP contribution in [0.5, 0.6) is 0 Å². The van der Waals surface area contributed by atoms with Gasteiger partial charge in [0.15, 0.2) is 0 Å². The van der Waals surface area contributed by atoms with Crippen molar-refractivity contribution in [2.24, 2.45) is 5.73 Å². The molecule has 2 aliphatic rings. The third-order valence-corrected chi connectivity index (χ3v) is 9.09. The summed E-state index contributed by atoms with van der Waals surface area (Å²) in [5, 5.41) is 12.4. The van der Waals surface area contributed by atoms with Crippen molar-refractivity contribution < 1.29 is 24.2 Å². The second-order valence-electron chi connectivity index (χ2n) is 12.1. The number of rotatable bonds is 9. The van der Waals surface area contributed by atoms with E-state index in [-0.39, 0.29) is 28.6 Å². The third-order valence-electron chi connectivity index (χ3n) is 8.43. The number of aromatic carboxylic acids is 1. The van der Waals surface area contributed by atoms with Crippen LogP contribution in [0.15, 0.2) is 85.2 Å².